The van der Waals surface area contributed by atoms with Gasteiger partial charge in [-0.2, -0.15) is 0 Å². The molecule has 3 nitrogen and oxygen atoms in total. The Morgan fingerprint density at radius 3 is 2.81 bits per heavy atom. The van der Waals surface area contributed by atoms with Gasteiger partial charge in [0, 0.05) is 6.54 Å². The first-order chi connectivity index (χ1) is 7.51. The van der Waals surface area contributed by atoms with Crippen molar-refractivity contribution in [2.75, 3.05) is 0 Å². The molecule has 1 amide bonds. The van der Waals surface area contributed by atoms with Gasteiger partial charge >= 0.3 is 0 Å². The minimum Gasteiger partial charge on any atom is -0.350 e. The van der Waals surface area contributed by atoms with E-state index in [1.54, 1.807) is 19.1 Å². The maximum Gasteiger partial charge on any atom is 0.240 e. The van der Waals surface area contributed by atoms with Crippen molar-refractivity contribution in [3.63, 3.8) is 0 Å². The molecule has 0 aromatic heterocycles. The highest BCUT2D eigenvalue weighted by atomic mass is 19.1. The molecule has 3 N–H and O–H groups in total. The van der Waals surface area contributed by atoms with E-state index in [9.17, 15) is 9.18 Å². The summed E-state index contributed by atoms with van der Waals surface area (Å²) in [4.78, 5) is 11.5. The first-order valence-electron chi connectivity index (χ1n) is 5.33. The van der Waals surface area contributed by atoms with Crippen LogP contribution < -0.4 is 11.1 Å². The summed E-state index contributed by atoms with van der Waals surface area (Å²) in [6.07, 6.45) is 1.47. The van der Waals surface area contributed by atoms with Gasteiger partial charge in [-0.05, 0) is 37.0 Å². The Morgan fingerprint density at radius 1 is 1.56 bits per heavy atom. The van der Waals surface area contributed by atoms with Crippen LogP contribution in [0.1, 0.15) is 24.0 Å². The Balaban J connectivity index is 1.94. The van der Waals surface area contributed by atoms with Crippen molar-refractivity contribution in [3.05, 3.63) is 35.1 Å². The normalized spacial score (nSPS) is 16.9. The molecule has 1 saturated carbocycles. The minimum absolute atomic E-state index is 0.145. The summed E-state index contributed by atoms with van der Waals surface area (Å²) in [7, 11) is 0. The van der Waals surface area contributed by atoms with Gasteiger partial charge in [0.05, 0.1) is 5.54 Å². The highest BCUT2D eigenvalue weighted by Crippen LogP contribution is 2.32. The molecule has 0 radical (unpaired) electrons. The van der Waals surface area contributed by atoms with Crippen LogP contribution in [0.15, 0.2) is 18.2 Å². The number of benzene rings is 1. The zero-order valence-electron chi connectivity index (χ0n) is 9.22. The van der Waals surface area contributed by atoms with Crippen LogP contribution in [0.2, 0.25) is 0 Å². The maximum atomic E-state index is 13.2. The summed E-state index contributed by atoms with van der Waals surface area (Å²) >= 11 is 0. The van der Waals surface area contributed by atoms with E-state index >= 15 is 0 Å². The molecule has 0 atom stereocenters. The van der Waals surface area contributed by atoms with E-state index in [1.165, 1.54) is 6.07 Å². The fourth-order valence-electron chi connectivity index (χ4n) is 1.47. The fraction of sp³-hybridized carbons (Fsp3) is 0.417. The van der Waals surface area contributed by atoms with Gasteiger partial charge in [0.25, 0.3) is 0 Å². The standard InChI is InChI=1S/C12H15FN2O/c1-8-2-3-9(6-10(8)13)7-15-11(16)12(14)4-5-12/h2-3,6H,4-5,7,14H2,1H3,(H,15,16). The van der Waals surface area contributed by atoms with Gasteiger partial charge in [-0.1, -0.05) is 12.1 Å². The lowest BCUT2D eigenvalue weighted by atomic mass is 10.1. The monoisotopic (exact) mass is 222 g/mol. The smallest absolute Gasteiger partial charge is 0.240 e. The number of hydrogen-bond donors (Lipinski definition) is 2. The highest BCUT2D eigenvalue weighted by Gasteiger charge is 2.45. The van der Waals surface area contributed by atoms with Gasteiger partial charge in [-0.15, -0.1) is 0 Å². The zero-order valence-corrected chi connectivity index (χ0v) is 9.22. The van der Waals surface area contributed by atoms with Crippen LogP contribution in [-0.4, -0.2) is 11.4 Å². The summed E-state index contributed by atoms with van der Waals surface area (Å²) in [5.74, 6) is -0.394. The molecule has 0 aliphatic heterocycles. The van der Waals surface area contributed by atoms with E-state index in [0.717, 1.165) is 18.4 Å². The van der Waals surface area contributed by atoms with Gasteiger partial charge in [0.1, 0.15) is 5.82 Å². The number of rotatable bonds is 3. The Bertz CT molecular complexity index is 427. The highest BCUT2D eigenvalue weighted by molar-refractivity contribution is 5.88. The Morgan fingerprint density at radius 2 is 2.25 bits per heavy atom. The summed E-state index contributed by atoms with van der Waals surface area (Å²) in [5, 5.41) is 2.72. The fourth-order valence-corrected chi connectivity index (χ4v) is 1.47. The zero-order chi connectivity index (χ0) is 11.8. The van der Waals surface area contributed by atoms with Crippen molar-refractivity contribution in [2.24, 2.45) is 5.73 Å². The van der Waals surface area contributed by atoms with Crippen LogP contribution in [0.4, 0.5) is 4.39 Å². The summed E-state index contributed by atoms with van der Waals surface area (Å²) in [6, 6.07) is 4.94. The summed E-state index contributed by atoms with van der Waals surface area (Å²) < 4.78 is 13.2. The molecule has 0 bridgehead atoms. The Labute approximate surface area is 93.8 Å². The van der Waals surface area contributed by atoms with Crippen molar-refractivity contribution < 1.29 is 9.18 Å². The third-order valence-electron chi connectivity index (χ3n) is 2.93. The molecule has 16 heavy (non-hydrogen) atoms. The topological polar surface area (TPSA) is 55.1 Å². The summed E-state index contributed by atoms with van der Waals surface area (Å²) in [5.41, 5.74) is 6.41. The van der Waals surface area contributed by atoms with E-state index in [4.69, 9.17) is 5.73 Å². The first kappa shape index (κ1) is 11.1. The molecule has 1 aliphatic carbocycles. The molecular formula is C12H15FN2O. The van der Waals surface area contributed by atoms with Crippen LogP contribution in [0.5, 0.6) is 0 Å². The molecular weight excluding hydrogens is 207 g/mol. The van der Waals surface area contributed by atoms with E-state index < -0.39 is 5.54 Å². The molecule has 2 rings (SSSR count). The summed E-state index contributed by atoms with van der Waals surface area (Å²) in [6.45, 7) is 2.03. The second-order valence-electron chi connectivity index (χ2n) is 4.42. The van der Waals surface area contributed by atoms with Crippen molar-refractivity contribution in [2.45, 2.75) is 31.8 Å². The number of hydrogen-bond acceptors (Lipinski definition) is 2. The van der Waals surface area contributed by atoms with E-state index in [-0.39, 0.29) is 11.7 Å². The molecule has 1 fully saturated rings. The van der Waals surface area contributed by atoms with E-state index in [0.29, 0.717) is 12.1 Å². The van der Waals surface area contributed by atoms with Crippen LogP contribution in [0.25, 0.3) is 0 Å². The van der Waals surface area contributed by atoms with E-state index in [1.807, 2.05) is 0 Å². The quantitative estimate of drug-likeness (QED) is 0.808. The largest absolute Gasteiger partial charge is 0.350 e. The lowest BCUT2D eigenvalue weighted by molar-refractivity contribution is -0.123. The third-order valence-corrected chi connectivity index (χ3v) is 2.93. The minimum atomic E-state index is -0.663. The molecule has 0 saturated heterocycles. The van der Waals surface area contributed by atoms with E-state index in [2.05, 4.69) is 5.32 Å². The maximum absolute atomic E-state index is 13.2. The first-order valence-corrected chi connectivity index (χ1v) is 5.33. The third kappa shape index (κ3) is 2.22. The van der Waals surface area contributed by atoms with Gasteiger partial charge in [-0.3, -0.25) is 4.79 Å². The number of nitrogens with one attached hydrogen (secondary N) is 1. The molecule has 0 unspecified atom stereocenters. The van der Waals surface area contributed by atoms with Crippen LogP contribution in [0.3, 0.4) is 0 Å². The Hall–Kier alpha value is -1.42. The van der Waals surface area contributed by atoms with Gasteiger partial charge in [0.15, 0.2) is 0 Å². The Kier molecular flexibility index (Phi) is 2.68. The van der Waals surface area contributed by atoms with Crippen molar-refractivity contribution >= 4 is 5.91 Å². The predicted molar refractivity (Wildman–Crippen MR) is 59.1 cm³/mol. The molecule has 86 valence electrons. The van der Waals surface area contributed by atoms with Gasteiger partial charge < -0.3 is 11.1 Å². The van der Waals surface area contributed by atoms with Crippen molar-refractivity contribution in [1.29, 1.82) is 0 Å². The second kappa shape index (κ2) is 3.87. The van der Waals surface area contributed by atoms with Crippen molar-refractivity contribution in [3.8, 4) is 0 Å². The number of amides is 1. The van der Waals surface area contributed by atoms with Crippen molar-refractivity contribution in [1.82, 2.24) is 5.32 Å². The average Bonchev–Trinajstić information content (AvgIpc) is 2.99. The SMILES string of the molecule is Cc1ccc(CNC(=O)C2(N)CC2)cc1F. The number of aryl methyl sites for hydroxylation is 1. The molecule has 0 spiro atoms. The van der Waals surface area contributed by atoms with Gasteiger partial charge in [-0.25, -0.2) is 4.39 Å². The van der Waals surface area contributed by atoms with Crippen LogP contribution in [-0.2, 0) is 11.3 Å². The molecule has 1 aliphatic rings. The van der Waals surface area contributed by atoms with Crippen LogP contribution >= 0.6 is 0 Å². The second-order valence-corrected chi connectivity index (χ2v) is 4.42. The van der Waals surface area contributed by atoms with Gasteiger partial charge in [0.2, 0.25) is 5.91 Å². The number of halogens is 1. The number of carbonyl (C=O) groups excluding carboxylic acids is 1. The predicted octanol–water partition coefficient (Wildman–Crippen LogP) is 1.24. The van der Waals surface area contributed by atoms with Crippen LogP contribution in [0, 0.1) is 12.7 Å². The molecule has 1 aromatic carbocycles. The molecule has 1 aromatic rings. The number of carbonyl (C=O) groups is 1. The molecule has 4 heteroatoms. The average molecular weight is 222 g/mol. The number of nitrogens with two attached hydrogens (primary N) is 1. The lowest BCUT2D eigenvalue weighted by Crippen LogP contribution is -2.42. The molecule has 0 heterocycles. The lowest BCUT2D eigenvalue weighted by Gasteiger charge is -2.10.